The molecule has 2 aromatic carbocycles. The molecule has 1 fully saturated rings. The van der Waals surface area contributed by atoms with E-state index in [1.54, 1.807) is 24.3 Å². The SMILES string of the molecule is O=S(=O)(c1ccccc1Cl)[C@H]1CC[C@H](OCc2ccc(Cl)cc2)C1. The third-order valence-corrected chi connectivity index (χ3v) is 7.29. The minimum atomic E-state index is -3.42. The van der Waals surface area contributed by atoms with E-state index in [1.807, 2.05) is 24.3 Å². The van der Waals surface area contributed by atoms with Gasteiger partial charge in [0.15, 0.2) is 9.84 Å². The Labute approximate surface area is 152 Å². The number of hydrogen-bond acceptors (Lipinski definition) is 3. The van der Waals surface area contributed by atoms with Gasteiger partial charge in [-0.3, -0.25) is 0 Å². The highest BCUT2D eigenvalue weighted by atomic mass is 35.5. The van der Waals surface area contributed by atoms with E-state index in [9.17, 15) is 8.42 Å². The fourth-order valence-electron chi connectivity index (χ4n) is 2.98. The molecule has 0 aliphatic heterocycles. The Morgan fingerprint density at radius 3 is 2.42 bits per heavy atom. The zero-order chi connectivity index (χ0) is 17.2. The molecular weight excluding hydrogens is 367 g/mol. The van der Waals surface area contributed by atoms with Crippen molar-refractivity contribution in [3.8, 4) is 0 Å². The molecule has 128 valence electrons. The van der Waals surface area contributed by atoms with Crippen LogP contribution in [0.15, 0.2) is 53.4 Å². The molecule has 0 heterocycles. The second-order valence-electron chi connectivity index (χ2n) is 5.97. The molecule has 0 amide bonds. The van der Waals surface area contributed by atoms with Crippen LogP contribution >= 0.6 is 23.2 Å². The van der Waals surface area contributed by atoms with E-state index in [0.717, 1.165) is 12.0 Å². The lowest BCUT2D eigenvalue weighted by atomic mass is 10.2. The van der Waals surface area contributed by atoms with E-state index < -0.39 is 15.1 Å². The van der Waals surface area contributed by atoms with Gasteiger partial charge in [-0.2, -0.15) is 0 Å². The third-order valence-electron chi connectivity index (χ3n) is 4.32. The molecule has 6 heteroatoms. The molecule has 0 spiro atoms. The Morgan fingerprint density at radius 1 is 1.00 bits per heavy atom. The molecule has 0 saturated heterocycles. The minimum Gasteiger partial charge on any atom is -0.373 e. The average Bonchev–Trinajstić information content (AvgIpc) is 3.04. The van der Waals surface area contributed by atoms with Gasteiger partial charge in [0.05, 0.1) is 27.9 Å². The molecule has 0 radical (unpaired) electrons. The van der Waals surface area contributed by atoms with E-state index in [0.29, 0.717) is 24.5 Å². The van der Waals surface area contributed by atoms with Crippen molar-refractivity contribution in [3.05, 3.63) is 64.1 Å². The number of rotatable bonds is 5. The molecule has 0 N–H and O–H groups in total. The van der Waals surface area contributed by atoms with Crippen LogP contribution in [0.3, 0.4) is 0 Å². The summed E-state index contributed by atoms with van der Waals surface area (Å²) in [5.41, 5.74) is 1.02. The van der Waals surface area contributed by atoms with Crippen LogP contribution in [-0.4, -0.2) is 19.8 Å². The predicted molar refractivity (Wildman–Crippen MR) is 96.3 cm³/mol. The van der Waals surface area contributed by atoms with Crippen molar-refractivity contribution in [2.75, 3.05) is 0 Å². The Kier molecular flexibility index (Phi) is 5.50. The van der Waals surface area contributed by atoms with Crippen molar-refractivity contribution < 1.29 is 13.2 Å². The number of benzene rings is 2. The van der Waals surface area contributed by atoms with Crippen LogP contribution in [0.5, 0.6) is 0 Å². The molecule has 1 aliphatic carbocycles. The summed E-state index contributed by atoms with van der Waals surface area (Å²) in [6.45, 7) is 0.459. The fraction of sp³-hybridized carbons (Fsp3) is 0.333. The molecule has 0 aromatic heterocycles. The Balaban J connectivity index is 1.62. The van der Waals surface area contributed by atoms with Crippen molar-refractivity contribution in [1.82, 2.24) is 0 Å². The molecule has 0 unspecified atom stereocenters. The first-order valence-electron chi connectivity index (χ1n) is 7.81. The molecule has 3 rings (SSSR count). The molecule has 1 saturated carbocycles. The summed E-state index contributed by atoms with van der Waals surface area (Å²) in [5, 5.41) is 0.529. The topological polar surface area (TPSA) is 43.4 Å². The van der Waals surface area contributed by atoms with E-state index in [2.05, 4.69) is 0 Å². The van der Waals surface area contributed by atoms with E-state index in [-0.39, 0.29) is 16.0 Å². The molecule has 0 bridgehead atoms. The smallest absolute Gasteiger partial charge is 0.182 e. The lowest BCUT2D eigenvalue weighted by Crippen LogP contribution is -2.20. The summed E-state index contributed by atoms with van der Waals surface area (Å²) in [4.78, 5) is 0.218. The maximum atomic E-state index is 12.8. The van der Waals surface area contributed by atoms with Gasteiger partial charge in [-0.05, 0) is 49.1 Å². The number of halogens is 2. The Morgan fingerprint density at radius 2 is 1.71 bits per heavy atom. The maximum Gasteiger partial charge on any atom is 0.182 e. The van der Waals surface area contributed by atoms with Crippen LogP contribution in [0.2, 0.25) is 10.0 Å². The highest BCUT2D eigenvalue weighted by Crippen LogP contribution is 2.34. The van der Waals surface area contributed by atoms with Crippen LogP contribution in [0.1, 0.15) is 24.8 Å². The first-order chi connectivity index (χ1) is 11.5. The number of ether oxygens (including phenoxy) is 1. The van der Waals surface area contributed by atoms with Crippen LogP contribution < -0.4 is 0 Å². The number of sulfone groups is 1. The summed E-state index contributed by atoms with van der Waals surface area (Å²) in [7, 11) is -3.42. The van der Waals surface area contributed by atoms with Crippen molar-refractivity contribution in [2.24, 2.45) is 0 Å². The summed E-state index contributed by atoms with van der Waals surface area (Å²) < 4.78 is 31.4. The highest BCUT2D eigenvalue weighted by Gasteiger charge is 2.36. The van der Waals surface area contributed by atoms with Gasteiger partial charge < -0.3 is 4.74 Å². The van der Waals surface area contributed by atoms with Crippen LogP contribution in [0.25, 0.3) is 0 Å². The second-order valence-corrected chi connectivity index (χ2v) is 9.01. The average molecular weight is 385 g/mol. The Bertz CT molecular complexity index is 803. The zero-order valence-electron chi connectivity index (χ0n) is 13.0. The molecule has 24 heavy (non-hydrogen) atoms. The van der Waals surface area contributed by atoms with Crippen molar-refractivity contribution in [2.45, 2.75) is 42.1 Å². The minimum absolute atomic E-state index is 0.0528. The van der Waals surface area contributed by atoms with Crippen LogP contribution in [0.4, 0.5) is 0 Å². The van der Waals surface area contributed by atoms with Gasteiger partial charge >= 0.3 is 0 Å². The monoisotopic (exact) mass is 384 g/mol. The second kappa shape index (κ2) is 7.44. The number of hydrogen-bond donors (Lipinski definition) is 0. The van der Waals surface area contributed by atoms with Crippen molar-refractivity contribution in [1.29, 1.82) is 0 Å². The van der Waals surface area contributed by atoms with Gasteiger partial charge in [-0.25, -0.2) is 8.42 Å². The first-order valence-corrected chi connectivity index (χ1v) is 10.1. The predicted octanol–water partition coefficient (Wildman–Crippen LogP) is 4.91. The van der Waals surface area contributed by atoms with Gasteiger partial charge in [0, 0.05) is 5.02 Å². The normalized spacial score (nSPS) is 21.1. The van der Waals surface area contributed by atoms with Gasteiger partial charge in [0.2, 0.25) is 0 Å². The Hall–Kier alpha value is -1.07. The largest absolute Gasteiger partial charge is 0.373 e. The van der Waals surface area contributed by atoms with Crippen molar-refractivity contribution >= 4 is 33.0 Å². The summed E-state index contributed by atoms with van der Waals surface area (Å²) >= 11 is 11.9. The fourth-order valence-corrected chi connectivity index (χ4v) is 5.45. The van der Waals surface area contributed by atoms with E-state index in [1.165, 1.54) is 0 Å². The van der Waals surface area contributed by atoms with Gasteiger partial charge in [0.1, 0.15) is 0 Å². The first kappa shape index (κ1) is 17.7. The standard InChI is InChI=1S/C18H18Cl2O3S/c19-14-7-5-13(6-8-14)12-23-15-9-10-16(11-15)24(21,22)18-4-2-1-3-17(18)20/h1-8,15-16H,9-12H2/t15-,16-/m0/s1. The molecule has 3 nitrogen and oxygen atoms in total. The van der Waals surface area contributed by atoms with Gasteiger partial charge in [0.25, 0.3) is 0 Å². The summed E-state index contributed by atoms with van der Waals surface area (Å²) in [6, 6.07) is 14.1. The maximum absolute atomic E-state index is 12.8. The lowest BCUT2D eigenvalue weighted by molar-refractivity contribution is 0.0458. The highest BCUT2D eigenvalue weighted by molar-refractivity contribution is 7.92. The lowest BCUT2D eigenvalue weighted by Gasteiger charge is -2.14. The quantitative estimate of drug-likeness (QED) is 0.735. The van der Waals surface area contributed by atoms with E-state index in [4.69, 9.17) is 27.9 Å². The van der Waals surface area contributed by atoms with E-state index >= 15 is 0 Å². The van der Waals surface area contributed by atoms with Crippen LogP contribution in [0, 0.1) is 0 Å². The molecule has 2 atom stereocenters. The van der Waals surface area contributed by atoms with Gasteiger partial charge in [-0.1, -0.05) is 47.5 Å². The van der Waals surface area contributed by atoms with Crippen LogP contribution in [-0.2, 0) is 21.2 Å². The summed E-state index contributed by atoms with van der Waals surface area (Å²) in [6.07, 6.45) is 1.78. The summed E-state index contributed by atoms with van der Waals surface area (Å²) in [5.74, 6) is 0. The molecular formula is C18H18Cl2O3S. The zero-order valence-corrected chi connectivity index (χ0v) is 15.3. The third kappa shape index (κ3) is 3.94. The van der Waals surface area contributed by atoms with Crippen molar-refractivity contribution in [3.63, 3.8) is 0 Å². The molecule has 1 aliphatic rings. The van der Waals surface area contributed by atoms with Gasteiger partial charge in [-0.15, -0.1) is 0 Å². The molecule has 2 aromatic rings.